The van der Waals surface area contributed by atoms with Crippen LogP contribution in [0.15, 0.2) is 53.5 Å². The van der Waals surface area contributed by atoms with Gasteiger partial charge in [0.2, 0.25) is 0 Å². The van der Waals surface area contributed by atoms with Gasteiger partial charge in [-0.1, -0.05) is 42.0 Å². The summed E-state index contributed by atoms with van der Waals surface area (Å²) < 4.78 is 0. The van der Waals surface area contributed by atoms with Crippen LogP contribution >= 0.6 is 24.0 Å². The van der Waals surface area contributed by atoms with E-state index in [-0.39, 0.29) is 36.0 Å². The monoisotopic (exact) mass is 509 g/mol. The van der Waals surface area contributed by atoms with Crippen LogP contribution < -0.4 is 21.3 Å². The normalized spacial score (nSPS) is 10.9. The summed E-state index contributed by atoms with van der Waals surface area (Å²) in [5.41, 5.74) is 4.30. The molecule has 0 aliphatic carbocycles. The Morgan fingerprint density at radius 3 is 2.38 bits per heavy atom. The number of halogens is 1. The van der Waals surface area contributed by atoms with E-state index >= 15 is 0 Å². The van der Waals surface area contributed by atoms with Gasteiger partial charge in [0, 0.05) is 24.8 Å². The van der Waals surface area contributed by atoms with Crippen LogP contribution in [0.2, 0.25) is 0 Å². The first-order valence-electron chi connectivity index (χ1n) is 9.70. The van der Waals surface area contributed by atoms with Crippen LogP contribution in [-0.4, -0.2) is 24.6 Å². The maximum Gasteiger partial charge on any atom is 0.319 e. The molecule has 0 saturated heterocycles. The maximum absolute atomic E-state index is 11.7. The van der Waals surface area contributed by atoms with Crippen LogP contribution in [0, 0.1) is 6.92 Å². The van der Waals surface area contributed by atoms with Crippen molar-refractivity contribution in [2.75, 3.05) is 11.9 Å². The summed E-state index contributed by atoms with van der Waals surface area (Å²) in [4.78, 5) is 16.4. The third-order valence-corrected chi connectivity index (χ3v) is 3.94. The Bertz CT molecular complexity index is 790. The number of rotatable bonds is 7. The van der Waals surface area contributed by atoms with Crippen molar-refractivity contribution in [2.24, 2.45) is 4.99 Å². The van der Waals surface area contributed by atoms with Crippen LogP contribution in [0.3, 0.4) is 0 Å². The molecule has 0 aliphatic rings. The molecule has 6 nitrogen and oxygen atoms in total. The fraction of sp³-hybridized carbons (Fsp3) is 0.364. The number of urea groups is 1. The first-order valence-corrected chi connectivity index (χ1v) is 9.70. The molecule has 2 aromatic carbocycles. The van der Waals surface area contributed by atoms with Gasteiger partial charge in [0.05, 0.1) is 6.54 Å². The Morgan fingerprint density at radius 2 is 1.76 bits per heavy atom. The Labute approximate surface area is 191 Å². The highest BCUT2D eigenvalue weighted by molar-refractivity contribution is 14.0. The first-order chi connectivity index (χ1) is 13.5. The maximum atomic E-state index is 11.7. The lowest BCUT2D eigenvalue weighted by molar-refractivity contribution is 0.250. The van der Waals surface area contributed by atoms with Crippen molar-refractivity contribution < 1.29 is 4.79 Å². The number of anilines is 1. The molecular formula is C22H32IN5O. The van der Waals surface area contributed by atoms with Crippen LogP contribution in [-0.2, 0) is 13.1 Å². The minimum Gasteiger partial charge on any atom is -0.357 e. The molecule has 0 saturated carbocycles. The number of carbonyl (C=O) groups is 1. The predicted molar refractivity (Wildman–Crippen MR) is 132 cm³/mol. The van der Waals surface area contributed by atoms with Crippen molar-refractivity contribution in [2.45, 2.75) is 46.8 Å². The molecule has 29 heavy (non-hydrogen) atoms. The highest BCUT2D eigenvalue weighted by Crippen LogP contribution is 2.09. The summed E-state index contributed by atoms with van der Waals surface area (Å²) in [6.45, 7) is 10.1. The topological polar surface area (TPSA) is 77.6 Å². The van der Waals surface area contributed by atoms with Crippen LogP contribution in [0.25, 0.3) is 0 Å². The first kappa shape index (κ1) is 24.7. The molecule has 0 aliphatic heterocycles. The van der Waals surface area contributed by atoms with E-state index in [9.17, 15) is 4.79 Å². The van der Waals surface area contributed by atoms with E-state index in [4.69, 9.17) is 0 Å². The van der Waals surface area contributed by atoms with Crippen LogP contribution in [0.4, 0.5) is 10.5 Å². The van der Waals surface area contributed by atoms with E-state index in [1.165, 1.54) is 11.1 Å². The fourth-order valence-corrected chi connectivity index (χ4v) is 2.64. The van der Waals surface area contributed by atoms with Crippen molar-refractivity contribution in [1.82, 2.24) is 16.0 Å². The number of benzene rings is 2. The standard InChI is InChI=1S/C22H31N5O.HI/c1-5-23-21(25-15-19-8-6-7-17(4)13-19)24-14-18-9-11-20(12-10-18)27-22(28)26-16(2)3;/h6-13,16H,5,14-15H2,1-4H3,(H2,23,24,25)(H2,26,27,28);1H. The van der Waals surface area contributed by atoms with Gasteiger partial charge in [-0.25, -0.2) is 9.79 Å². The largest absolute Gasteiger partial charge is 0.357 e. The van der Waals surface area contributed by atoms with Gasteiger partial charge in [-0.05, 0) is 51.0 Å². The molecule has 0 heterocycles. The Balaban J connectivity index is 0.00000420. The van der Waals surface area contributed by atoms with E-state index < -0.39 is 0 Å². The van der Waals surface area contributed by atoms with E-state index in [1.807, 2.05) is 45.0 Å². The van der Waals surface area contributed by atoms with Gasteiger partial charge in [-0.15, -0.1) is 24.0 Å². The molecule has 0 fully saturated rings. The number of nitrogens with zero attached hydrogens (tertiary/aromatic N) is 1. The van der Waals surface area contributed by atoms with Crippen LogP contribution in [0.1, 0.15) is 37.5 Å². The number of hydrogen-bond donors (Lipinski definition) is 4. The zero-order valence-electron chi connectivity index (χ0n) is 17.6. The lowest BCUT2D eigenvalue weighted by Gasteiger charge is -2.13. The van der Waals surface area contributed by atoms with E-state index in [1.54, 1.807) is 0 Å². The lowest BCUT2D eigenvalue weighted by atomic mass is 10.1. The molecule has 0 spiro atoms. The number of guanidine groups is 1. The van der Waals surface area contributed by atoms with Crippen molar-refractivity contribution in [3.8, 4) is 0 Å². The van der Waals surface area contributed by atoms with Gasteiger partial charge >= 0.3 is 6.03 Å². The fourth-order valence-electron chi connectivity index (χ4n) is 2.64. The van der Waals surface area contributed by atoms with Gasteiger partial charge in [-0.3, -0.25) is 0 Å². The summed E-state index contributed by atoms with van der Waals surface area (Å²) in [6.07, 6.45) is 0. The zero-order valence-corrected chi connectivity index (χ0v) is 19.9. The molecule has 2 amide bonds. The molecule has 2 aromatic rings. The summed E-state index contributed by atoms with van der Waals surface area (Å²) in [6, 6.07) is 16.0. The van der Waals surface area contributed by atoms with Crippen molar-refractivity contribution in [1.29, 1.82) is 0 Å². The molecule has 158 valence electrons. The molecule has 0 aromatic heterocycles. The molecule has 0 atom stereocenters. The summed E-state index contributed by atoms with van der Waals surface area (Å²) in [5.74, 6) is 0.780. The number of aliphatic imine (C=N–C) groups is 1. The molecule has 7 heteroatoms. The predicted octanol–water partition coefficient (Wildman–Crippen LogP) is 4.40. The molecule has 2 rings (SSSR count). The quantitative estimate of drug-likeness (QED) is 0.254. The average Bonchev–Trinajstić information content (AvgIpc) is 2.64. The van der Waals surface area contributed by atoms with Crippen molar-refractivity contribution in [3.63, 3.8) is 0 Å². The lowest BCUT2D eigenvalue weighted by Crippen LogP contribution is -2.36. The van der Waals surface area contributed by atoms with Crippen LogP contribution in [0.5, 0.6) is 0 Å². The third kappa shape index (κ3) is 9.65. The zero-order chi connectivity index (χ0) is 20.4. The van der Waals surface area contributed by atoms with E-state index in [0.717, 1.165) is 23.8 Å². The second-order valence-electron chi connectivity index (χ2n) is 6.99. The Morgan fingerprint density at radius 1 is 1.03 bits per heavy atom. The summed E-state index contributed by atoms with van der Waals surface area (Å²) >= 11 is 0. The SMILES string of the molecule is CCNC(=NCc1cccc(C)c1)NCc1ccc(NC(=O)NC(C)C)cc1.I. The molecule has 0 radical (unpaired) electrons. The number of aryl methyl sites for hydroxylation is 1. The molecule has 0 unspecified atom stereocenters. The Hall–Kier alpha value is -2.29. The number of nitrogens with one attached hydrogen (secondary N) is 4. The molecule has 0 bridgehead atoms. The second kappa shape index (κ2) is 13.0. The minimum absolute atomic E-state index is 0. The summed E-state index contributed by atoms with van der Waals surface area (Å²) in [5, 5.41) is 12.2. The molecule has 4 N–H and O–H groups in total. The second-order valence-corrected chi connectivity index (χ2v) is 6.99. The number of amides is 2. The Kier molecular flexibility index (Phi) is 11.1. The molecular weight excluding hydrogens is 477 g/mol. The van der Waals surface area contributed by atoms with E-state index in [2.05, 4.69) is 57.4 Å². The van der Waals surface area contributed by atoms with Gasteiger partial charge < -0.3 is 21.3 Å². The van der Waals surface area contributed by atoms with E-state index in [0.29, 0.717) is 13.1 Å². The minimum atomic E-state index is -0.196. The third-order valence-electron chi connectivity index (χ3n) is 3.94. The van der Waals surface area contributed by atoms with Gasteiger partial charge in [0.1, 0.15) is 0 Å². The number of carbonyl (C=O) groups excluding carboxylic acids is 1. The summed E-state index contributed by atoms with van der Waals surface area (Å²) in [7, 11) is 0. The van der Waals surface area contributed by atoms with Gasteiger partial charge in [-0.2, -0.15) is 0 Å². The average molecular weight is 509 g/mol. The van der Waals surface area contributed by atoms with Crippen molar-refractivity contribution >= 4 is 41.7 Å². The highest BCUT2D eigenvalue weighted by atomic mass is 127. The highest BCUT2D eigenvalue weighted by Gasteiger charge is 2.04. The number of hydrogen-bond acceptors (Lipinski definition) is 2. The van der Waals surface area contributed by atoms with Gasteiger partial charge in [0.15, 0.2) is 5.96 Å². The van der Waals surface area contributed by atoms with Gasteiger partial charge in [0.25, 0.3) is 0 Å². The smallest absolute Gasteiger partial charge is 0.319 e. The van der Waals surface area contributed by atoms with Crippen molar-refractivity contribution in [3.05, 3.63) is 65.2 Å².